The Hall–Kier alpha value is -3.39. The molecule has 1 fully saturated rings. The standard InChI is InChI=1S/C28H19BCl4FN7/c29-28(18-3-1-2-4-19(18)30,23-13-41(40-39-23)16-5-6-16)38-15-9-17-26(14(11-35)12-36-27(17)21(32)10-15)37-22-8-7-20(31)24(33)25(22)34/h1-4,7-10,12-13,16,38-40H,5-6H2,(H,36,37). The zero-order valence-electron chi connectivity index (χ0n) is 21.1. The molecule has 13 heteroatoms. The van der Waals surface area contributed by atoms with Crippen LogP contribution in [-0.4, -0.2) is 23.9 Å². The van der Waals surface area contributed by atoms with E-state index in [1.54, 1.807) is 18.2 Å². The number of anilines is 3. The summed E-state index contributed by atoms with van der Waals surface area (Å²) in [6, 6.07) is 16.0. The summed E-state index contributed by atoms with van der Waals surface area (Å²) >= 11 is 25.3. The topological polar surface area (TPSA) is 88.0 Å². The van der Waals surface area contributed by atoms with Crippen LogP contribution in [0.15, 0.2) is 66.6 Å². The summed E-state index contributed by atoms with van der Waals surface area (Å²) in [5.41, 5.74) is 7.54. The summed E-state index contributed by atoms with van der Waals surface area (Å²) < 4.78 is 15.0. The molecule has 6 rings (SSSR count). The molecule has 1 saturated carbocycles. The van der Waals surface area contributed by atoms with Gasteiger partial charge in [0.15, 0.2) is 5.82 Å². The lowest BCUT2D eigenvalue weighted by atomic mass is 9.69. The van der Waals surface area contributed by atoms with E-state index in [1.807, 2.05) is 29.4 Å². The number of aromatic nitrogens is 1. The lowest BCUT2D eigenvalue weighted by Crippen LogP contribution is -2.45. The molecular weight excluding hydrogens is 606 g/mol. The SMILES string of the molecule is [B]C(Nc1cc(Cl)c2ncc(C#N)c(Nc3ccc(Cl)c(Cl)c3F)c2c1)(C1=CN(C2CC2)NN1)c1ccccc1Cl. The first-order valence-electron chi connectivity index (χ1n) is 12.5. The van der Waals surface area contributed by atoms with Gasteiger partial charge in [0.05, 0.1) is 48.7 Å². The molecule has 2 radical (unpaired) electrons. The van der Waals surface area contributed by atoms with Crippen molar-refractivity contribution in [2.45, 2.75) is 24.3 Å². The van der Waals surface area contributed by atoms with Gasteiger partial charge < -0.3 is 16.1 Å². The van der Waals surface area contributed by atoms with Gasteiger partial charge in [-0.2, -0.15) is 5.26 Å². The summed E-state index contributed by atoms with van der Waals surface area (Å²) in [4.78, 5) is 4.38. The summed E-state index contributed by atoms with van der Waals surface area (Å²) in [5, 5.41) is 19.2. The van der Waals surface area contributed by atoms with E-state index in [0.29, 0.717) is 38.9 Å². The highest BCUT2D eigenvalue weighted by Crippen LogP contribution is 2.41. The molecule has 0 bridgehead atoms. The number of fused-ring (bicyclic) bond motifs is 1. The van der Waals surface area contributed by atoms with Crippen LogP contribution >= 0.6 is 46.4 Å². The van der Waals surface area contributed by atoms with Gasteiger partial charge >= 0.3 is 0 Å². The maximum atomic E-state index is 15.0. The van der Waals surface area contributed by atoms with Gasteiger partial charge in [0.2, 0.25) is 0 Å². The summed E-state index contributed by atoms with van der Waals surface area (Å²) in [5.74, 6) is -0.764. The van der Waals surface area contributed by atoms with E-state index in [0.717, 1.165) is 12.8 Å². The molecule has 1 aliphatic carbocycles. The molecule has 204 valence electrons. The number of rotatable bonds is 7. The van der Waals surface area contributed by atoms with E-state index in [4.69, 9.17) is 54.3 Å². The Kier molecular flexibility index (Phi) is 7.31. The van der Waals surface area contributed by atoms with E-state index in [9.17, 15) is 9.65 Å². The molecule has 0 amide bonds. The molecule has 3 aromatic carbocycles. The third-order valence-corrected chi connectivity index (χ3v) is 8.33. The Morgan fingerprint density at radius 1 is 1.07 bits per heavy atom. The third-order valence-electron chi connectivity index (χ3n) is 6.93. The first-order valence-corrected chi connectivity index (χ1v) is 14.0. The predicted molar refractivity (Wildman–Crippen MR) is 163 cm³/mol. The number of pyridine rings is 1. The van der Waals surface area contributed by atoms with Crippen LogP contribution in [0.1, 0.15) is 24.0 Å². The van der Waals surface area contributed by atoms with Gasteiger partial charge in [0, 0.05) is 34.5 Å². The Bertz CT molecular complexity index is 1780. The van der Waals surface area contributed by atoms with Crippen LogP contribution in [0.5, 0.6) is 0 Å². The summed E-state index contributed by atoms with van der Waals surface area (Å²) in [7, 11) is 7.11. The average molecular weight is 625 g/mol. The van der Waals surface area contributed by atoms with Crippen LogP contribution in [0.3, 0.4) is 0 Å². The molecule has 1 aromatic heterocycles. The van der Waals surface area contributed by atoms with Crippen molar-refractivity contribution in [2.24, 2.45) is 0 Å². The van der Waals surface area contributed by atoms with Crippen molar-refractivity contribution in [3.63, 3.8) is 0 Å². The number of hydrogen-bond acceptors (Lipinski definition) is 7. The Balaban J connectivity index is 1.48. The van der Waals surface area contributed by atoms with Crippen LogP contribution in [0.25, 0.3) is 10.9 Å². The smallest absolute Gasteiger partial charge is 0.166 e. The van der Waals surface area contributed by atoms with Crippen molar-refractivity contribution in [3.05, 3.63) is 104 Å². The van der Waals surface area contributed by atoms with Crippen LogP contribution in [0.4, 0.5) is 21.5 Å². The molecule has 41 heavy (non-hydrogen) atoms. The summed E-state index contributed by atoms with van der Waals surface area (Å²) in [6.45, 7) is 0. The molecule has 1 unspecified atom stereocenters. The first kappa shape index (κ1) is 27.8. The van der Waals surface area contributed by atoms with Gasteiger partial charge in [0.1, 0.15) is 13.9 Å². The number of hydrogen-bond donors (Lipinski definition) is 4. The maximum absolute atomic E-state index is 15.0. The Labute approximate surface area is 256 Å². The van der Waals surface area contributed by atoms with Gasteiger partial charge in [-0.25, -0.2) is 4.39 Å². The fourth-order valence-corrected chi connectivity index (χ4v) is 5.54. The van der Waals surface area contributed by atoms with E-state index < -0.39 is 11.3 Å². The average Bonchev–Trinajstić information content (AvgIpc) is 3.69. The number of halogens is 5. The number of nitrogens with zero attached hydrogens (tertiary/aromatic N) is 3. The van der Waals surface area contributed by atoms with Gasteiger partial charge in [-0.3, -0.25) is 9.99 Å². The second-order valence-electron chi connectivity index (χ2n) is 9.69. The minimum atomic E-state index is -1.34. The van der Waals surface area contributed by atoms with Crippen molar-refractivity contribution in [3.8, 4) is 6.07 Å². The van der Waals surface area contributed by atoms with Crippen LogP contribution in [0, 0.1) is 17.1 Å². The molecule has 0 saturated heterocycles. The molecular formula is C28H19BCl4FN7. The first-order chi connectivity index (χ1) is 19.7. The number of hydrazine groups is 2. The van der Waals surface area contributed by atoms with E-state index in [2.05, 4.69) is 32.6 Å². The number of nitrogens with one attached hydrogen (secondary N) is 4. The lowest BCUT2D eigenvalue weighted by molar-refractivity contribution is 0.260. The molecule has 7 nitrogen and oxygen atoms in total. The molecule has 0 spiro atoms. The predicted octanol–water partition coefficient (Wildman–Crippen LogP) is 7.36. The second kappa shape index (κ2) is 10.8. The van der Waals surface area contributed by atoms with E-state index in [-0.39, 0.29) is 32.0 Å². The summed E-state index contributed by atoms with van der Waals surface area (Å²) in [6.07, 6.45) is 5.41. The van der Waals surface area contributed by atoms with Crippen molar-refractivity contribution in [1.82, 2.24) is 21.0 Å². The molecule has 2 heterocycles. The highest BCUT2D eigenvalue weighted by Gasteiger charge is 2.38. The van der Waals surface area contributed by atoms with Crippen LogP contribution in [-0.2, 0) is 5.44 Å². The lowest BCUT2D eigenvalue weighted by Gasteiger charge is -2.35. The number of nitriles is 1. The molecule has 4 aromatic rings. The fourth-order valence-electron chi connectivity index (χ4n) is 4.67. The van der Waals surface area contributed by atoms with Crippen molar-refractivity contribution < 1.29 is 4.39 Å². The normalized spacial score (nSPS) is 16.1. The van der Waals surface area contributed by atoms with Gasteiger partial charge in [-0.05, 0) is 48.7 Å². The monoisotopic (exact) mass is 623 g/mol. The van der Waals surface area contributed by atoms with Gasteiger partial charge in [0.25, 0.3) is 0 Å². The molecule has 4 N–H and O–H groups in total. The highest BCUT2D eigenvalue weighted by atomic mass is 35.5. The van der Waals surface area contributed by atoms with Gasteiger partial charge in [-0.1, -0.05) is 64.6 Å². The Morgan fingerprint density at radius 3 is 2.59 bits per heavy atom. The molecule has 2 aliphatic rings. The second-order valence-corrected chi connectivity index (χ2v) is 11.3. The van der Waals surface area contributed by atoms with E-state index in [1.165, 1.54) is 18.3 Å². The quantitative estimate of drug-likeness (QED) is 0.126. The largest absolute Gasteiger partial charge is 0.378 e. The number of benzene rings is 3. The van der Waals surface area contributed by atoms with Gasteiger partial charge in [-0.15, -0.1) is 5.53 Å². The van der Waals surface area contributed by atoms with E-state index >= 15 is 0 Å². The van der Waals surface area contributed by atoms with Crippen LogP contribution in [0.2, 0.25) is 20.1 Å². The van der Waals surface area contributed by atoms with Crippen LogP contribution < -0.4 is 21.6 Å². The highest BCUT2D eigenvalue weighted by molar-refractivity contribution is 6.42. The minimum absolute atomic E-state index is 0.0219. The molecule has 1 atom stereocenters. The third kappa shape index (κ3) is 5.11. The zero-order valence-corrected chi connectivity index (χ0v) is 24.1. The maximum Gasteiger partial charge on any atom is 0.166 e. The molecule has 1 aliphatic heterocycles. The van der Waals surface area contributed by atoms with Crippen molar-refractivity contribution in [1.29, 1.82) is 5.26 Å². The zero-order chi connectivity index (χ0) is 28.9. The fraction of sp³-hybridized carbons (Fsp3) is 0.143. The Morgan fingerprint density at radius 2 is 1.85 bits per heavy atom. The van der Waals surface area contributed by atoms with Crippen molar-refractivity contribution in [2.75, 3.05) is 10.6 Å². The van der Waals surface area contributed by atoms with Crippen molar-refractivity contribution >= 4 is 82.2 Å². The minimum Gasteiger partial charge on any atom is -0.378 e.